The van der Waals surface area contributed by atoms with E-state index in [2.05, 4.69) is 21.3 Å². The fourth-order valence-electron chi connectivity index (χ4n) is 4.55. The fraction of sp³-hybridized carbons (Fsp3) is 0.269. The van der Waals surface area contributed by atoms with Crippen LogP contribution in [0.1, 0.15) is 40.9 Å². The molecule has 0 saturated heterocycles. The van der Waals surface area contributed by atoms with Crippen molar-refractivity contribution in [3.05, 3.63) is 75.6 Å². The number of nitrogens with one attached hydrogen (secondary N) is 4. The lowest BCUT2D eigenvalue weighted by Crippen LogP contribution is -2.32. The first kappa shape index (κ1) is 27.7. The Labute approximate surface area is 227 Å². The standard InChI is InChI=1S/C26H23ClF4N4O2.ClH/c1-12-5-4-6-16(27)20(12)34-24-33-19-10-14(22-15(21(19)35-24)11-25(2,3)37-22)23(36)32-18-9-13(26(29,30)31)7-8-17(18)28;/h4-10,24,33-35H,11H2,1-3H3,(H,32,36);1H. The van der Waals surface area contributed by atoms with Crippen LogP contribution < -0.4 is 26.0 Å². The van der Waals surface area contributed by atoms with Crippen molar-refractivity contribution in [1.29, 1.82) is 0 Å². The zero-order valence-corrected chi connectivity index (χ0v) is 22.0. The van der Waals surface area contributed by atoms with E-state index in [9.17, 15) is 22.4 Å². The van der Waals surface area contributed by atoms with Crippen LogP contribution in [0, 0.1) is 12.7 Å². The Kier molecular flexibility index (Phi) is 7.09. The molecule has 38 heavy (non-hydrogen) atoms. The van der Waals surface area contributed by atoms with Gasteiger partial charge in [-0.3, -0.25) is 4.79 Å². The molecular formula is C26H24Cl2F4N4O2. The maximum Gasteiger partial charge on any atom is 0.416 e. The zero-order valence-electron chi connectivity index (χ0n) is 20.4. The molecule has 6 nitrogen and oxygen atoms in total. The monoisotopic (exact) mass is 570 g/mol. The molecule has 12 heteroatoms. The van der Waals surface area contributed by atoms with Crippen LogP contribution in [-0.2, 0) is 12.6 Å². The first-order valence-corrected chi connectivity index (χ1v) is 11.8. The molecule has 0 saturated carbocycles. The van der Waals surface area contributed by atoms with Gasteiger partial charge in [-0.2, -0.15) is 13.2 Å². The van der Waals surface area contributed by atoms with E-state index >= 15 is 0 Å². The van der Waals surface area contributed by atoms with E-state index in [-0.39, 0.29) is 23.7 Å². The van der Waals surface area contributed by atoms with Crippen molar-refractivity contribution in [3.63, 3.8) is 0 Å². The van der Waals surface area contributed by atoms with E-state index in [0.29, 0.717) is 35.3 Å². The Balaban J connectivity index is 0.00000336. The van der Waals surface area contributed by atoms with Gasteiger partial charge in [0.1, 0.15) is 17.2 Å². The number of amides is 1. The number of halogens is 6. The summed E-state index contributed by atoms with van der Waals surface area (Å²) in [5.74, 6) is -1.49. The molecule has 0 spiro atoms. The lowest BCUT2D eigenvalue weighted by Gasteiger charge is -2.19. The number of ether oxygens (including phenoxy) is 1. The molecule has 0 aromatic heterocycles. The quantitative estimate of drug-likeness (QED) is 0.245. The Morgan fingerprint density at radius 3 is 2.58 bits per heavy atom. The van der Waals surface area contributed by atoms with E-state index < -0.39 is 41.0 Å². The summed E-state index contributed by atoms with van der Waals surface area (Å²) >= 11 is 6.35. The van der Waals surface area contributed by atoms with Gasteiger partial charge in [0.15, 0.2) is 6.29 Å². The summed E-state index contributed by atoms with van der Waals surface area (Å²) in [6, 6.07) is 8.91. The highest BCUT2D eigenvalue weighted by Crippen LogP contribution is 2.48. The van der Waals surface area contributed by atoms with Crippen molar-refractivity contribution >= 4 is 52.7 Å². The van der Waals surface area contributed by atoms with Crippen LogP contribution in [0.3, 0.4) is 0 Å². The van der Waals surface area contributed by atoms with E-state index in [1.54, 1.807) is 6.07 Å². The van der Waals surface area contributed by atoms with Crippen LogP contribution in [0.15, 0.2) is 42.5 Å². The maximum atomic E-state index is 14.3. The molecule has 2 aliphatic heterocycles. The number of anilines is 4. The van der Waals surface area contributed by atoms with Gasteiger partial charge in [0.05, 0.1) is 38.9 Å². The predicted octanol–water partition coefficient (Wildman–Crippen LogP) is 7.43. The highest BCUT2D eigenvalue weighted by molar-refractivity contribution is 6.33. The molecule has 1 atom stereocenters. The molecule has 1 unspecified atom stereocenters. The number of rotatable bonds is 4. The van der Waals surface area contributed by atoms with Crippen LogP contribution in [0.5, 0.6) is 5.75 Å². The van der Waals surface area contributed by atoms with Gasteiger partial charge in [0.25, 0.3) is 5.91 Å². The van der Waals surface area contributed by atoms with Crippen LogP contribution in [0.25, 0.3) is 0 Å². The molecule has 0 aliphatic carbocycles. The third-order valence-electron chi connectivity index (χ3n) is 6.25. The number of carbonyl (C=O) groups is 1. The van der Waals surface area contributed by atoms with Gasteiger partial charge in [-0.25, -0.2) is 4.39 Å². The molecule has 0 fully saturated rings. The Bertz CT molecular complexity index is 1410. The molecule has 0 radical (unpaired) electrons. The van der Waals surface area contributed by atoms with E-state index in [1.165, 1.54) is 6.07 Å². The predicted molar refractivity (Wildman–Crippen MR) is 142 cm³/mol. The number of carbonyl (C=O) groups excluding carboxylic acids is 1. The van der Waals surface area contributed by atoms with Crippen LogP contribution in [-0.4, -0.2) is 17.8 Å². The molecule has 5 rings (SSSR count). The Morgan fingerprint density at radius 1 is 1.16 bits per heavy atom. The number of alkyl halides is 3. The highest BCUT2D eigenvalue weighted by Gasteiger charge is 2.39. The number of hydrogen-bond donors (Lipinski definition) is 4. The second-order valence-corrected chi connectivity index (χ2v) is 10.0. The van der Waals surface area contributed by atoms with Crippen LogP contribution in [0.4, 0.5) is 40.3 Å². The van der Waals surface area contributed by atoms with Gasteiger partial charge in [0, 0.05) is 12.0 Å². The average Bonchev–Trinajstić information content (AvgIpc) is 3.35. The van der Waals surface area contributed by atoms with Gasteiger partial charge >= 0.3 is 6.18 Å². The molecule has 2 aliphatic rings. The molecule has 3 aromatic carbocycles. The van der Waals surface area contributed by atoms with Crippen molar-refractivity contribution < 1.29 is 27.1 Å². The number of fused-ring (bicyclic) bond motifs is 3. The topological polar surface area (TPSA) is 74.4 Å². The summed E-state index contributed by atoms with van der Waals surface area (Å²) in [6.45, 7) is 5.64. The molecule has 202 valence electrons. The molecular weight excluding hydrogens is 547 g/mol. The summed E-state index contributed by atoms with van der Waals surface area (Å²) in [6.07, 6.45) is -4.69. The third kappa shape index (κ3) is 5.15. The third-order valence-corrected chi connectivity index (χ3v) is 6.56. The normalized spacial score (nSPS) is 16.8. The minimum Gasteiger partial charge on any atom is -0.486 e. The second kappa shape index (κ2) is 9.74. The maximum absolute atomic E-state index is 14.3. The zero-order chi connectivity index (χ0) is 26.7. The summed E-state index contributed by atoms with van der Waals surface area (Å²) in [4.78, 5) is 13.2. The molecule has 4 N–H and O–H groups in total. The Hall–Kier alpha value is -3.37. The first-order valence-electron chi connectivity index (χ1n) is 11.4. The molecule has 1 amide bonds. The largest absolute Gasteiger partial charge is 0.486 e. The van der Waals surface area contributed by atoms with Crippen molar-refractivity contribution in [3.8, 4) is 5.75 Å². The summed E-state index contributed by atoms with van der Waals surface area (Å²) in [5, 5.41) is 12.7. The van der Waals surface area contributed by atoms with E-state index in [0.717, 1.165) is 22.5 Å². The molecule has 0 bridgehead atoms. The number of para-hydroxylation sites is 1. The lowest BCUT2D eigenvalue weighted by atomic mass is 9.97. The van der Waals surface area contributed by atoms with Crippen molar-refractivity contribution in [2.24, 2.45) is 0 Å². The van der Waals surface area contributed by atoms with Crippen LogP contribution >= 0.6 is 24.0 Å². The van der Waals surface area contributed by atoms with Crippen LogP contribution in [0.2, 0.25) is 5.02 Å². The van der Waals surface area contributed by atoms with Gasteiger partial charge in [-0.1, -0.05) is 23.7 Å². The fourth-order valence-corrected chi connectivity index (χ4v) is 4.82. The summed E-state index contributed by atoms with van der Waals surface area (Å²) in [5.41, 5.74) is 1.48. The van der Waals surface area contributed by atoms with E-state index in [1.807, 2.05) is 32.9 Å². The van der Waals surface area contributed by atoms with Gasteiger partial charge in [0.2, 0.25) is 0 Å². The highest BCUT2D eigenvalue weighted by atomic mass is 35.5. The smallest absolute Gasteiger partial charge is 0.416 e. The average molecular weight is 571 g/mol. The van der Waals surface area contributed by atoms with Crippen molar-refractivity contribution in [1.82, 2.24) is 0 Å². The molecule has 3 aromatic rings. The number of benzene rings is 3. The number of hydrogen-bond acceptors (Lipinski definition) is 5. The van der Waals surface area contributed by atoms with Gasteiger partial charge < -0.3 is 26.0 Å². The SMILES string of the molecule is Cc1cccc(Cl)c1NC1Nc2cc(C(=O)Nc3cc(C(F)(F)F)ccc3F)c3c(c2N1)CC(C)(C)O3.Cl. The van der Waals surface area contributed by atoms with E-state index in [4.69, 9.17) is 16.3 Å². The van der Waals surface area contributed by atoms with Gasteiger partial charge in [-0.15, -0.1) is 12.4 Å². The van der Waals surface area contributed by atoms with Crippen molar-refractivity contribution in [2.75, 3.05) is 21.3 Å². The first-order chi connectivity index (χ1) is 17.3. The second-order valence-electron chi connectivity index (χ2n) is 9.64. The molecule has 2 heterocycles. The van der Waals surface area contributed by atoms with Crippen molar-refractivity contribution in [2.45, 2.75) is 45.3 Å². The van der Waals surface area contributed by atoms with Gasteiger partial charge in [-0.05, 0) is 56.7 Å². The Morgan fingerprint density at radius 2 is 1.89 bits per heavy atom. The minimum atomic E-state index is -4.69. The minimum absolute atomic E-state index is 0. The lowest BCUT2D eigenvalue weighted by molar-refractivity contribution is -0.137. The summed E-state index contributed by atoms with van der Waals surface area (Å²) < 4.78 is 59.8. The summed E-state index contributed by atoms with van der Waals surface area (Å²) in [7, 11) is 0. The number of aryl methyl sites for hydroxylation is 1.